The molecular weight excluding hydrogens is 224 g/mol. The van der Waals surface area contributed by atoms with Gasteiger partial charge in [0.05, 0.1) is 5.69 Å². The number of benzene rings is 1. The normalized spacial score (nSPS) is 12.3. The molecule has 3 heteroatoms. The van der Waals surface area contributed by atoms with Gasteiger partial charge in [0.1, 0.15) is 5.75 Å². The number of pyridine rings is 1. The van der Waals surface area contributed by atoms with E-state index in [1.165, 1.54) is 5.56 Å². The van der Waals surface area contributed by atoms with Gasteiger partial charge in [-0.15, -0.1) is 0 Å². The Labute approximate surface area is 108 Å². The largest absolute Gasteiger partial charge is 0.508 e. The van der Waals surface area contributed by atoms with Gasteiger partial charge in [0.25, 0.3) is 0 Å². The number of aromatic hydroxyl groups is 1. The number of aromatic nitrogens is 1. The molecule has 94 valence electrons. The monoisotopic (exact) mass is 242 g/mol. The smallest absolute Gasteiger partial charge is 0.115 e. The van der Waals surface area contributed by atoms with Gasteiger partial charge in [-0.2, -0.15) is 0 Å². The van der Waals surface area contributed by atoms with Crippen molar-refractivity contribution < 1.29 is 5.11 Å². The van der Waals surface area contributed by atoms with Crippen molar-refractivity contribution in [2.24, 2.45) is 0 Å². The summed E-state index contributed by atoms with van der Waals surface area (Å²) in [5.74, 6) is 0.313. The molecule has 1 heterocycles. The topological polar surface area (TPSA) is 45.1 Å². The molecule has 0 fully saturated rings. The second kappa shape index (κ2) is 6.17. The lowest BCUT2D eigenvalue weighted by Crippen LogP contribution is -2.22. The fraction of sp³-hybridized carbons (Fsp3) is 0.267. The maximum absolute atomic E-state index is 9.20. The summed E-state index contributed by atoms with van der Waals surface area (Å²) in [6.07, 6.45) is 2.75. The predicted molar refractivity (Wildman–Crippen MR) is 72.5 cm³/mol. The summed E-state index contributed by atoms with van der Waals surface area (Å²) in [6, 6.07) is 13.5. The van der Waals surface area contributed by atoms with E-state index >= 15 is 0 Å². The van der Waals surface area contributed by atoms with Crippen LogP contribution in [0.15, 0.2) is 48.7 Å². The van der Waals surface area contributed by atoms with E-state index in [4.69, 9.17) is 0 Å². The Hall–Kier alpha value is -1.87. The molecule has 0 bridgehead atoms. The first-order chi connectivity index (χ1) is 8.75. The second-order valence-corrected chi connectivity index (χ2v) is 4.35. The summed E-state index contributed by atoms with van der Waals surface area (Å²) in [5.41, 5.74) is 2.27. The zero-order valence-corrected chi connectivity index (χ0v) is 10.5. The van der Waals surface area contributed by atoms with Crippen LogP contribution in [0.5, 0.6) is 5.75 Å². The lowest BCUT2D eigenvalue weighted by Gasteiger charge is -2.13. The molecule has 0 aliphatic rings. The Kier molecular flexibility index (Phi) is 4.31. The molecule has 1 aromatic heterocycles. The summed E-state index contributed by atoms with van der Waals surface area (Å²) in [5, 5.41) is 12.6. The number of hydrogen-bond acceptors (Lipinski definition) is 3. The third-order valence-corrected chi connectivity index (χ3v) is 2.93. The van der Waals surface area contributed by atoms with E-state index in [1.807, 2.05) is 36.5 Å². The van der Waals surface area contributed by atoms with Gasteiger partial charge in [-0.05, 0) is 49.7 Å². The first kappa shape index (κ1) is 12.6. The highest BCUT2D eigenvalue weighted by atomic mass is 16.3. The molecule has 2 aromatic rings. The number of phenolic OH excluding ortho intramolecular Hbond substituents is 1. The summed E-state index contributed by atoms with van der Waals surface area (Å²) < 4.78 is 0. The molecular formula is C15H18N2O. The second-order valence-electron chi connectivity index (χ2n) is 4.35. The molecule has 1 atom stereocenters. The van der Waals surface area contributed by atoms with E-state index < -0.39 is 0 Å². The van der Waals surface area contributed by atoms with Gasteiger partial charge in [-0.25, -0.2) is 0 Å². The fourth-order valence-electron chi connectivity index (χ4n) is 1.83. The highest BCUT2D eigenvalue weighted by molar-refractivity contribution is 5.26. The average molecular weight is 242 g/mol. The van der Waals surface area contributed by atoms with E-state index in [2.05, 4.69) is 17.2 Å². The summed E-state index contributed by atoms with van der Waals surface area (Å²) >= 11 is 0. The van der Waals surface area contributed by atoms with Crippen molar-refractivity contribution in [3.63, 3.8) is 0 Å². The third kappa shape index (κ3) is 3.57. The van der Waals surface area contributed by atoms with Crippen LogP contribution >= 0.6 is 0 Å². The number of rotatable bonds is 5. The first-order valence-corrected chi connectivity index (χ1v) is 6.18. The molecule has 1 unspecified atom stereocenters. The molecule has 0 saturated carbocycles. The van der Waals surface area contributed by atoms with Crippen LogP contribution in [0.25, 0.3) is 0 Å². The Bertz CT molecular complexity index is 468. The molecule has 2 rings (SSSR count). The van der Waals surface area contributed by atoms with Crippen molar-refractivity contribution in [1.29, 1.82) is 0 Å². The van der Waals surface area contributed by atoms with Crippen molar-refractivity contribution in [1.82, 2.24) is 10.3 Å². The van der Waals surface area contributed by atoms with Crippen LogP contribution in [-0.4, -0.2) is 16.6 Å². The van der Waals surface area contributed by atoms with Gasteiger partial charge in [-0.1, -0.05) is 18.2 Å². The number of nitrogens with zero attached hydrogens (tertiary/aromatic N) is 1. The average Bonchev–Trinajstić information content (AvgIpc) is 2.42. The van der Waals surface area contributed by atoms with Crippen molar-refractivity contribution in [3.05, 3.63) is 59.9 Å². The molecule has 1 aromatic carbocycles. The van der Waals surface area contributed by atoms with Crippen molar-refractivity contribution >= 4 is 0 Å². The summed E-state index contributed by atoms with van der Waals surface area (Å²) in [7, 11) is 0. The van der Waals surface area contributed by atoms with E-state index in [0.29, 0.717) is 5.75 Å². The third-order valence-electron chi connectivity index (χ3n) is 2.93. The SMILES string of the molecule is CC(NCCc1ccc(O)cc1)c1ccccn1. The first-order valence-electron chi connectivity index (χ1n) is 6.18. The van der Waals surface area contributed by atoms with E-state index in [1.54, 1.807) is 12.1 Å². The van der Waals surface area contributed by atoms with Crippen LogP contribution in [-0.2, 0) is 6.42 Å². The molecule has 0 spiro atoms. The van der Waals surface area contributed by atoms with Crippen LogP contribution in [0, 0.1) is 0 Å². The van der Waals surface area contributed by atoms with Gasteiger partial charge in [0.2, 0.25) is 0 Å². The van der Waals surface area contributed by atoms with E-state index in [0.717, 1.165) is 18.7 Å². The molecule has 2 N–H and O–H groups in total. The van der Waals surface area contributed by atoms with Gasteiger partial charge in [0.15, 0.2) is 0 Å². The molecule has 0 saturated heterocycles. The fourth-order valence-corrected chi connectivity index (χ4v) is 1.83. The van der Waals surface area contributed by atoms with Gasteiger partial charge < -0.3 is 10.4 Å². The van der Waals surface area contributed by atoms with Crippen LogP contribution in [0.1, 0.15) is 24.2 Å². The van der Waals surface area contributed by atoms with Crippen molar-refractivity contribution in [2.45, 2.75) is 19.4 Å². The maximum Gasteiger partial charge on any atom is 0.115 e. The molecule has 0 radical (unpaired) electrons. The minimum Gasteiger partial charge on any atom is -0.508 e. The van der Waals surface area contributed by atoms with E-state index in [-0.39, 0.29) is 6.04 Å². The van der Waals surface area contributed by atoms with Crippen LogP contribution in [0.4, 0.5) is 0 Å². The van der Waals surface area contributed by atoms with Crippen LogP contribution < -0.4 is 5.32 Å². The molecule has 0 amide bonds. The highest BCUT2D eigenvalue weighted by Gasteiger charge is 2.04. The maximum atomic E-state index is 9.20. The Morgan fingerprint density at radius 2 is 1.94 bits per heavy atom. The van der Waals surface area contributed by atoms with Gasteiger partial charge >= 0.3 is 0 Å². The highest BCUT2D eigenvalue weighted by Crippen LogP contribution is 2.11. The lowest BCUT2D eigenvalue weighted by molar-refractivity contribution is 0.475. The zero-order valence-electron chi connectivity index (χ0n) is 10.5. The molecule has 0 aliphatic carbocycles. The predicted octanol–water partition coefficient (Wildman–Crippen LogP) is 2.68. The number of hydrogen-bond donors (Lipinski definition) is 2. The Morgan fingerprint density at radius 1 is 1.17 bits per heavy atom. The van der Waals surface area contributed by atoms with Crippen LogP contribution in [0.3, 0.4) is 0 Å². The quantitative estimate of drug-likeness (QED) is 0.847. The van der Waals surface area contributed by atoms with Gasteiger partial charge in [-0.3, -0.25) is 4.98 Å². The molecule has 18 heavy (non-hydrogen) atoms. The lowest BCUT2D eigenvalue weighted by atomic mass is 10.1. The number of nitrogens with one attached hydrogen (secondary N) is 1. The zero-order chi connectivity index (χ0) is 12.8. The molecule has 0 aliphatic heterocycles. The molecule has 3 nitrogen and oxygen atoms in total. The summed E-state index contributed by atoms with van der Waals surface area (Å²) in [6.45, 7) is 3.00. The van der Waals surface area contributed by atoms with Gasteiger partial charge in [0, 0.05) is 12.2 Å². The van der Waals surface area contributed by atoms with Crippen molar-refractivity contribution in [3.8, 4) is 5.75 Å². The summed E-state index contributed by atoms with van der Waals surface area (Å²) in [4.78, 5) is 4.32. The van der Waals surface area contributed by atoms with Crippen LogP contribution in [0.2, 0.25) is 0 Å². The standard InChI is InChI=1S/C15H18N2O/c1-12(15-4-2-3-10-17-15)16-11-9-13-5-7-14(18)8-6-13/h2-8,10,12,16,18H,9,11H2,1H3. The minimum atomic E-state index is 0.253. The Morgan fingerprint density at radius 3 is 2.61 bits per heavy atom. The minimum absolute atomic E-state index is 0.253. The van der Waals surface area contributed by atoms with E-state index in [9.17, 15) is 5.11 Å². The Balaban J connectivity index is 1.80. The number of phenols is 1. The van der Waals surface area contributed by atoms with Crippen molar-refractivity contribution in [2.75, 3.05) is 6.54 Å².